The maximum absolute atomic E-state index is 12.1. The van der Waals surface area contributed by atoms with Gasteiger partial charge in [0.25, 0.3) is 11.6 Å². The number of anilines is 1. The van der Waals surface area contributed by atoms with Crippen molar-refractivity contribution in [2.75, 3.05) is 19.0 Å². The van der Waals surface area contributed by atoms with Crippen LogP contribution in [0.15, 0.2) is 45.3 Å². The number of rotatable bonds is 6. The summed E-state index contributed by atoms with van der Waals surface area (Å²) in [6.45, 7) is -0.535. The number of nitro groups is 1. The summed E-state index contributed by atoms with van der Waals surface area (Å²) in [6, 6.07) is 8.96. The first-order valence-electron chi connectivity index (χ1n) is 7.07. The second kappa shape index (κ2) is 8.77. The Kier molecular flexibility index (Phi) is 6.70. The summed E-state index contributed by atoms with van der Waals surface area (Å²) < 4.78 is 10.7. The largest absolute Gasteiger partial charge is 0.496 e. The highest BCUT2D eigenvalue weighted by Gasteiger charge is 2.18. The van der Waals surface area contributed by atoms with Crippen molar-refractivity contribution in [1.29, 1.82) is 0 Å². The van der Waals surface area contributed by atoms with Gasteiger partial charge in [0.15, 0.2) is 6.61 Å². The van der Waals surface area contributed by atoms with E-state index in [4.69, 9.17) is 9.47 Å². The lowest BCUT2D eigenvalue weighted by Gasteiger charge is -2.11. The number of carbonyl (C=O) groups excluding carboxylic acids is 2. The number of benzene rings is 2. The smallest absolute Gasteiger partial charge is 0.342 e. The van der Waals surface area contributed by atoms with Gasteiger partial charge >= 0.3 is 5.97 Å². The van der Waals surface area contributed by atoms with Gasteiger partial charge in [0, 0.05) is 21.1 Å². The molecule has 0 unspecified atom stereocenters. The van der Waals surface area contributed by atoms with E-state index in [1.54, 1.807) is 18.2 Å². The molecule has 0 aliphatic carbocycles. The van der Waals surface area contributed by atoms with Crippen LogP contribution < -0.4 is 10.1 Å². The molecule has 0 fully saturated rings. The molecular weight excluding hydrogens is 476 g/mol. The highest BCUT2D eigenvalue weighted by atomic mass is 79.9. The standard InChI is InChI=1S/C16H12Br2N2O6/c1-25-13-5-3-2-4-10(13)16(22)26-8-14(21)19-15-11(17)6-9(20(23)24)7-12(15)18/h2-7H,8H2,1H3,(H,19,21). The van der Waals surface area contributed by atoms with Crippen molar-refractivity contribution < 1.29 is 24.0 Å². The van der Waals surface area contributed by atoms with E-state index in [1.807, 2.05) is 0 Å². The van der Waals surface area contributed by atoms with E-state index in [9.17, 15) is 19.7 Å². The normalized spacial score (nSPS) is 10.1. The molecule has 0 heterocycles. The first-order chi connectivity index (χ1) is 12.3. The van der Waals surface area contributed by atoms with Gasteiger partial charge in [-0.3, -0.25) is 14.9 Å². The van der Waals surface area contributed by atoms with Crippen LogP contribution in [0.4, 0.5) is 11.4 Å². The minimum Gasteiger partial charge on any atom is -0.496 e. The Morgan fingerprint density at radius 1 is 1.19 bits per heavy atom. The molecule has 0 saturated heterocycles. The molecule has 0 bridgehead atoms. The SMILES string of the molecule is COc1ccccc1C(=O)OCC(=O)Nc1c(Br)cc([N+](=O)[O-])cc1Br. The Labute approximate surface area is 164 Å². The molecule has 10 heteroatoms. The van der Waals surface area contributed by atoms with E-state index in [1.165, 1.54) is 25.3 Å². The number of halogens is 2. The number of nitrogens with zero attached hydrogens (tertiary/aromatic N) is 1. The third kappa shape index (κ3) is 4.79. The maximum atomic E-state index is 12.1. The second-order valence-electron chi connectivity index (χ2n) is 4.87. The number of para-hydroxylation sites is 1. The number of ether oxygens (including phenoxy) is 2. The summed E-state index contributed by atoms with van der Waals surface area (Å²) in [4.78, 5) is 34.3. The van der Waals surface area contributed by atoms with Crippen LogP contribution in [0, 0.1) is 10.1 Å². The van der Waals surface area contributed by atoms with Crippen molar-refractivity contribution in [2.24, 2.45) is 0 Å². The molecule has 0 aliphatic rings. The molecule has 0 aromatic heterocycles. The Morgan fingerprint density at radius 2 is 1.81 bits per heavy atom. The van der Waals surface area contributed by atoms with Crippen molar-refractivity contribution in [3.05, 3.63) is 61.0 Å². The Hall–Kier alpha value is -2.46. The van der Waals surface area contributed by atoms with Gasteiger partial charge in [-0.25, -0.2) is 4.79 Å². The van der Waals surface area contributed by atoms with Gasteiger partial charge < -0.3 is 14.8 Å². The van der Waals surface area contributed by atoms with E-state index >= 15 is 0 Å². The average molecular weight is 488 g/mol. The molecule has 2 aromatic rings. The monoisotopic (exact) mass is 486 g/mol. The number of nitrogens with one attached hydrogen (secondary N) is 1. The fraction of sp³-hybridized carbons (Fsp3) is 0.125. The summed E-state index contributed by atoms with van der Waals surface area (Å²) >= 11 is 6.31. The molecule has 1 N–H and O–H groups in total. The summed E-state index contributed by atoms with van der Waals surface area (Å²) in [5, 5.41) is 13.3. The number of methoxy groups -OCH3 is 1. The highest BCUT2D eigenvalue weighted by molar-refractivity contribution is 9.11. The molecule has 0 aliphatic heterocycles. The van der Waals surface area contributed by atoms with Gasteiger partial charge in [0.2, 0.25) is 0 Å². The minimum atomic E-state index is -0.709. The fourth-order valence-electron chi connectivity index (χ4n) is 1.98. The third-order valence-electron chi connectivity index (χ3n) is 3.16. The van der Waals surface area contributed by atoms with E-state index < -0.39 is 23.4 Å². The van der Waals surface area contributed by atoms with Crippen molar-refractivity contribution in [1.82, 2.24) is 0 Å². The zero-order chi connectivity index (χ0) is 19.3. The fourth-order valence-corrected chi connectivity index (χ4v) is 3.34. The van der Waals surface area contributed by atoms with Crippen LogP contribution in [0.3, 0.4) is 0 Å². The van der Waals surface area contributed by atoms with E-state index in [0.717, 1.165) is 0 Å². The quantitative estimate of drug-likeness (QED) is 0.375. The molecule has 2 rings (SSSR count). The maximum Gasteiger partial charge on any atom is 0.342 e. The zero-order valence-corrected chi connectivity index (χ0v) is 16.5. The van der Waals surface area contributed by atoms with Crippen molar-refractivity contribution in [3.8, 4) is 5.75 Å². The van der Waals surface area contributed by atoms with Gasteiger partial charge in [-0.05, 0) is 44.0 Å². The van der Waals surface area contributed by atoms with Crippen molar-refractivity contribution in [3.63, 3.8) is 0 Å². The molecule has 8 nitrogen and oxygen atoms in total. The first-order valence-corrected chi connectivity index (χ1v) is 8.65. The average Bonchev–Trinajstić information content (AvgIpc) is 2.62. The van der Waals surface area contributed by atoms with E-state index in [0.29, 0.717) is 14.7 Å². The van der Waals surface area contributed by atoms with Gasteiger partial charge in [0.05, 0.1) is 17.7 Å². The topological polar surface area (TPSA) is 108 Å². The van der Waals surface area contributed by atoms with Crippen LogP contribution in [-0.2, 0) is 9.53 Å². The molecule has 136 valence electrons. The van der Waals surface area contributed by atoms with Crippen molar-refractivity contribution >= 4 is 55.1 Å². The third-order valence-corrected chi connectivity index (χ3v) is 4.41. The lowest BCUT2D eigenvalue weighted by Crippen LogP contribution is -2.21. The van der Waals surface area contributed by atoms with Crippen LogP contribution >= 0.6 is 31.9 Å². The predicted molar refractivity (Wildman–Crippen MR) is 100 cm³/mol. The molecular formula is C16H12Br2N2O6. The molecule has 0 spiro atoms. The van der Waals surface area contributed by atoms with Crippen molar-refractivity contribution in [2.45, 2.75) is 0 Å². The van der Waals surface area contributed by atoms with Gasteiger partial charge in [-0.1, -0.05) is 12.1 Å². The second-order valence-corrected chi connectivity index (χ2v) is 6.57. The number of amides is 1. The Bertz CT molecular complexity index is 849. The minimum absolute atomic E-state index is 0.149. The van der Waals surface area contributed by atoms with Crippen LogP contribution in [0.1, 0.15) is 10.4 Å². The number of hydrogen-bond acceptors (Lipinski definition) is 6. The summed E-state index contributed by atoms with van der Waals surface area (Å²) in [5.41, 5.74) is 0.332. The number of esters is 1. The van der Waals surface area contributed by atoms with Crippen LogP contribution in [-0.4, -0.2) is 30.5 Å². The first kappa shape index (κ1) is 19.9. The van der Waals surface area contributed by atoms with Crippen LogP contribution in [0.2, 0.25) is 0 Å². The highest BCUT2D eigenvalue weighted by Crippen LogP contribution is 2.35. The summed E-state index contributed by atoms with van der Waals surface area (Å²) in [5.74, 6) is -0.985. The zero-order valence-electron chi connectivity index (χ0n) is 13.3. The van der Waals surface area contributed by atoms with Crippen LogP contribution in [0.5, 0.6) is 5.75 Å². The molecule has 26 heavy (non-hydrogen) atoms. The Morgan fingerprint density at radius 3 is 2.38 bits per heavy atom. The van der Waals surface area contributed by atoms with Crippen LogP contribution in [0.25, 0.3) is 0 Å². The number of hydrogen-bond donors (Lipinski definition) is 1. The van der Waals surface area contributed by atoms with E-state index in [2.05, 4.69) is 37.2 Å². The molecule has 0 saturated carbocycles. The lowest BCUT2D eigenvalue weighted by molar-refractivity contribution is -0.385. The summed E-state index contributed by atoms with van der Waals surface area (Å²) in [6.07, 6.45) is 0. The summed E-state index contributed by atoms with van der Waals surface area (Å²) in [7, 11) is 1.42. The molecule has 1 amide bonds. The predicted octanol–water partition coefficient (Wildman–Crippen LogP) is 3.92. The van der Waals surface area contributed by atoms with E-state index in [-0.39, 0.29) is 16.9 Å². The van der Waals surface area contributed by atoms with Gasteiger partial charge in [-0.2, -0.15) is 0 Å². The number of carbonyl (C=O) groups is 2. The molecule has 2 aromatic carbocycles. The van der Waals surface area contributed by atoms with Gasteiger partial charge in [0.1, 0.15) is 11.3 Å². The number of non-ortho nitro benzene ring substituents is 1. The number of nitro benzene ring substituents is 1. The molecule has 0 radical (unpaired) electrons. The molecule has 0 atom stereocenters. The van der Waals surface area contributed by atoms with Gasteiger partial charge in [-0.15, -0.1) is 0 Å². The lowest BCUT2D eigenvalue weighted by atomic mass is 10.2. The Balaban J connectivity index is 2.03.